The van der Waals surface area contributed by atoms with Gasteiger partial charge in [-0.2, -0.15) is 0 Å². The Morgan fingerprint density at radius 1 is 0.750 bits per heavy atom. The highest BCUT2D eigenvalue weighted by Gasteiger charge is 2.89. The summed E-state index contributed by atoms with van der Waals surface area (Å²) >= 11 is 0. The SMILES string of the molecule is C[C@H]1CC[C@H](C)[P+]12C1=C(C(=O)OC1=O)[P+]1([C@@H](C)CC[C@@H]1C)C2(C)C. The molecule has 2 spiro atoms. The number of ether oxygens (including phenoxy) is 1. The van der Waals surface area contributed by atoms with Crippen molar-refractivity contribution in [1.29, 1.82) is 0 Å². The van der Waals surface area contributed by atoms with Crippen LogP contribution in [0.2, 0.25) is 0 Å². The second-order valence-corrected chi connectivity index (χ2v) is 19.1. The molecule has 0 unspecified atom stereocenters. The molecule has 0 aliphatic carbocycles. The Hall–Kier alpha value is -0.260. The van der Waals surface area contributed by atoms with Crippen LogP contribution in [-0.4, -0.2) is 39.5 Å². The van der Waals surface area contributed by atoms with Gasteiger partial charge in [0.05, 0.1) is 22.6 Å². The maximum Gasteiger partial charge on any atom is 0.386 e. The molecular weight excluding hydrogens is 338 g/mol. The number of hydrogen-bond donors (Lipinski definition) is 0. The molecule has 0 amide bonds. The monoisotopic (exact) mass is 368 g/mol. The molecule has 24 heavy (non-hydrogen) atoms. The van der Waals surface area contributed by atoms with Crippen molar-refractivity contribution in [1.82, 2.24) is 0 Å². The zero-order chi connectivity index (χ0) is 17.7. The third-order valence-corrected chi connectivity index (χ3v) is 22.8. The van der Waals surface area contributed by atoms with Crippen molar-refractivity contribution in [3.8, 4) is 0 Å². The topological polar surface area (TPSA) is 43.4 Å². The molecule has 0 aromatic rings. The van der Waals surface area contributed by atoms with Gasteiger partial charge in [0.15, 0.2) is 4.90 Å². The molecule has 0 bridgehead atoms. The van der Waals surface area contributed by atoms with Gasteiger partial charge < -0.3 is 4.74 Å². The molecule has 0 aromatic carbocycles. The lowest BCUT2D eigenvalue weighted by Crippen LogP contribution is -2.38. The third-order valence-electron chi connectivity index (χ3n) is 8.13. The van der Waals surface area contributed by atoms with Crippen molar-refractivity contribution in [2.75, 3.05) is 0 Å². The normalized spacial score (nSPS) is 41.6. The molecule has 2 saturated heterocycles. The van der Waals surface area contributed by atoms with Gasteiger partial charge in [-0.05, 0) is 53.4 Å². The fourth-order valence-electron chi connectivity index (χ4n) is 7.53. The lowest BCUT2D eigenvalue weighted by Gasteiger charge is -2.45. The standard InChI is InChI=1S/C19H30O3P2/c1-11-7-8-12(2)23(11)15-16(18(21)22-17(15)20)24(19(23,5)6)13(3)9-10-14(24)4/h11-14H,7-10H2,1-6H3/q+2/t11-,12-,13-,14-/m0/s1. The van der Waals surface area contributed by atoms with E-state index < -0.39 is 14.5 Å². The first-order chi connectivity index (χ1) is 11.1. The van der Waals surface area contributed by atoms with Gasteiger partial charge in [-0.3, -0.25) is 0 Å². The minimum atomic E-state index is -1.74. The van der Waals surface area contributed by atoms with Crippen molar-refractivity contribution < 1.29 is 14.3 Å². The van der Waals surface area contributed by atoms with Crippen LogP contribution < -0.4 is 0 Å². The van der Waals surface area contributed by atoms with Crippen LogP contribution in [0.4, 0.5) is 0 Å². The van der Waals surface area contributed by atoms with Crippen LogP contribution in [0, 0.1) is 0 Å². The highest BCUT2D eigenvalue weighted by molar-refractivity contribution is 8.03. The molecule has 4 aliphatic rings. The highest BCUT2D eigenvalue weighted by atomic mass is 31.2. The summed E-state index contributed by atoms with van der Waals surface area (Å²) in [5.74, 6) is -0.527. The van der Waals surface area contributed by atoms with Crippen LogP contribution in [0.5, 0.6) is 0 Å². The Morgan fingerprint density at radius 3 is 1.33 bits per heavy atom. The number of carbonyl (C=O) groups is 2. The summed E-state index contributed by atoms with van der Waals surface area (Å²) in [5.41, 5.74) is 2.19. The summed E-state index contributed by atoms with van der Waals surface area (Å²) in [6, 6.07) is 0. The quantitative estimate of drug-likeness (QED) is 0.335. The van der Waals surface area contributed by atoms with E-state index in [1.807, 2.05) is 0 Å². The van der Waals surface area contributed by atoms with E-state index in [0.29, 0.717) is 22.6 Å². The minimum Gasteiger partial charge on any atom is -0.381 e. The zero-order valence-corrected chi connectivity index (χ0v) is 17.5. The molecule has 132 valence electrons. The van der Waals surface area contributed by atoms with Crippen LogP contribution >= 0.6 is 14.5 Å². The molecule has 0 saturated carbocycles. The predicted molar refractivity (Wildman–Crippen MR) is 102 cm³/mol. The molecule has 0 N–H and O–H groups in total. The number of esters is 2. The van der Waals surface area contributed by atoms with Crippen LogP contribution in [0.25, 0.3) is 0 Å². The summed E-state index contributed by atoms with van der Waals surface area (Å²) in [6.07, 6.45) is 4.78. The van der Waals surface area contributed by atoms with E-state index in [2.05, 4.69) is 41.5 Å². The summed E-state index contributed by atoms with van der Waals surface area (Å²) in [7, 11) is -3.47. The van der Waals surface area contributed by atoms with Crippen LogP contribution in [0.15, 0.2) is 10.6 Å². The maximum absolute atomic E-state index is 12.9. The first kappa shape index (κ1) is 17.2. The van der Waals surface area contributed by atoms with Gasteiger partial charge in [0, 0.05) is 13.8 Å². The number of cyclic esters (lactones) is 2. The average molecular weight is 368 g/mol. The Kier molecular flexibility index (Phi) is 3.52. The third kappa shape index (κ3) is 1.47. The van der Waals surface area contributed by atoms with Gasteiger partial charge in [0.1, 0.15) is 14.5 Å². The van der Waals surface area contributed by atoms with Gasteiger partial charge >= 0.3 is 11.9 Å². The largest absolute Gasteiger partial charge is 0.386 e. The Labute approximate surface area is 146 Å². The lowest BCUT2D eigenvalue weighted by atomic mass is 10.2. The molecule has 4 aliphatic heterocycles. The molecule has 4 atom stereocenters. The predicted octanol–water partition coefficient (Wildman–Crippen LogP) is 5.21. The highest BCUT2D eigenvalue weighted by Crippen LogP contribution is 3.06. The average Bonchev–Trinajstić information content (AvgIpc) is 3.11. The number of fused-ring (bicyclic) bond motifs is 2. The van der Waals surface area contributed by atoms with Gasteiger partial charge in [0.25, 0.3) is 0 Å². The van der Waals surface area contributed by atoms with Crippen molar-refractivity contribution >= 4 is 26.5 Å². The van der Waals surface area contributed by atoms with E-state index in [1.54, 1.807) is 0 Å². The van der Waals surface area contributed by atoms with E-state index in [1.165, 1.54) is 25.7 Å². The van der Waals surface area contributed by atoms with Crippen LogP contribution in [0.3, 0.4) is 0 Å². The first-order valence-corrected chi connectivity index (χ1v) is 13.3. The van der Waals surface area contributed by atoms with Crippen molar-refractivity contribution in [3.05, 3.63) is 10.6 Å². The number of hydrogen-bond acceptors (Lipinski definition) is 3. The number of carbonyl (C=O) groups excluding carboxylic acids is 2. The Balaban J connectivity index is 2.11. The summed E-state index contributed by atoms with van der Waals surface area (Å²) in [6.45, 7) is 14.3. The maximum atomic E-state index is 12.9. The van der Waals surface area contributed by atoms with E-state index in [0.717, 1.165) is 10.6 Å². The zero-order valence-electron chi connectivity index (χ0n) is 15.8. The fourth-order valence-corrected chi connectivity index (χ4v) is 26.4. The minimum absolute atomic E-state index is 0.116. The summed E-state index contributed by atoms with van der Waals surface area (Å²) in [4.78, 5) is 25.9. The number of rotatable bonds is 0. The summed E-state index contributed by atoms with van der Waals surface area (Å²) < 4.78 is 5.29. The Bertz CT molecular complexity index is 604. The van der Waals surface area contributed by atoms with E-state index >= 15 is 0 Å². The van der Waals surface area contributed by atoms with Gasteiger partial charge in [-0.1, -0.05) is 0 Å². The van der Waals surface area contributed by atoms with Gasteiger partial charge in [0.2, 0.25) is 10.6 Å². The smallest absolute Gasteiger partial charge is 0.381 e. The van der Waals surface area contributed by atoms with Gasteiger partial charge in [-0.25, -0.2) is 9.59 Å². The molecule has 4 heterocycles. The van der Waals surface area contributed by atoms with E-state index in [9.17, 15) is 9.59 Å². The molecule has 0 radical (unpaired) electrons. The molecule has 0 aromatic heterocycles. The van der Waals surface area contributed by atoms with Crippen molar-refractivity contribution in [2.24, 2.45) is 0 Å². The fraction of sp³-hybridized carbons (Fsp3) is 0.789. The van der Waals surface area contributed by atoms with Gasteiger partial charge in [-0.15, -0.1) is 0 Å². The summed E-state index contributed by atoms with van der Waals surface area (Å²) in [5, 5.41) is 1.87. The Morgan fingerprint density at radius 2 is 1.04 bits per heavy atom. The van der Waals surface area contributed by atoms with Crippen LogP contribution in [0.1, 0.15) is 67.2 Å². The van der Waals surface area contributed by atoms with E-state index in [4.69, 9.17) is 4.74 Å². The molecule has 3 nitrogen and oxygen atoms in total. The van der Waals surface area contributed by atoms with Crippen LogP contribution in [-0.2, 0) is 14.3 Å². The van der Waals surface area contributed by atoms with Crippen molar-refractivity contribution in [3.63, 3.8) is 0 Å². The lowest BCUT2D eigenvalue weighted by molar-refractivity contribution is -0.150. The molecule has 5 heteroatoms. The molecule has 4 rings (SSSR count). The molecule has 2 fully saturated rings. The molecular formula is C19H30O3P2+2. The second-order valence-electron chi connectivity index (χ2n) is 8.97. The van der Waals surface area contributed by atoms with Crippen molar-refractivity contribution in [2.45, 2.75) is 94.8 Å². The van der Waals surface area contributed by atoms with E-state index in [-0.39, 0.29) is 16.8 Å². The second kappa shape index (κ2) is 4.92. The first-order valence-electron chi connectivity index (χ1n) is 9.44.